The molecule has 0 spiro atoms. The molecule has 2 rings (SSSR count). The van der Waals surface area contributed by atoms with Crippen molar-refractivity contribution in [2.75, 3.05) is 20.7 Å². The van der Waals surface area contributed by atoms with Crippen LogP contribution in [0.25, 0.3) is 0 Å². The highest BCUT2D eigenvalue weighted by Gasteiger charge is 2.23. The second-order valence-electron chi connectivity index (χ2n) is 3.51. The maximum atomic E-state index is 11.3. The van der Waals surface area contributed by atoms with E-state index < -0.39 is 0 Å². The number of fused-ring (bicyclic) bond motifs is 1. The minimum absolute atomic E-state index is 0.363. The van der Waals surface area contributed by atoms with Gasteiger partial charge in [-0.3, -0.25) is 5.10 Å². The highest BCUT2D eigenvalue weighted by Crippen LogP contribution is 2.19. The molecule has 5 heteroatoms. The zero-order chi connectivity index (χ0) is 10.1. The number of H-pyrrole nitrogens is 1. The van der Waals surface area contributed by atoms with Gasteiger partial charge in [0.2, 0.25) is 0 Å². The van der Waals surface area contributed by atoms with Crippen molar-refractivity contribution in [3.63, 3.8) is 0 Å². The minimum Gasteiger partial charge on any atom is -0.464 e. The van der Waals surface area contributed by atoms with Gasteiger partial charge in [0.1, 0.15) is 0 Å². The molecule has 2 heterocycles. The average molecular weight is 195 g/mol. The van der Waals surface area contributed by atoms with Gasteiger partial charge in [-0.25, -0.2) is 4.79 Å². The van der Waals surface area contributed by atoms with E-state index in [1.54, 1.807) is 0 Å². The lowest BCUT2D eigenvalue weighted by atomic mass is 10.1. The highest BCUT2D eigenvalue weighted by atomic mass is 16.5. The van der Waals surface area contributed by atoms with E-state index in [2.05, 4.69) is 19.8 Å². The van der Waals surface area contributed by atoms with Gasteiger partial charge in [0.15, 0.2) is 5.69 Å². The average Bonchev–Trinajstić information content (AvgIpc) is 2.59. The number of ether oxygens (including phenoxy) is 1. The van der Waals surface area contributed by atoms with Gasteiger partial charge in [0.05, 0.1) is 7.11 Å². The summed E-state index contributed by atoms with van der Waals surface area (Å²) in [5, 5.41) is 6.86. The van der Waals surface area contributed by atoms with Crippen molar-refractivity contribution in [3.05, 3.63) is 17.0 Å². The number of likely N-dealkylation sites (N-methyl/N-ethyl adjacent to an activating group) is 1. The lowest BCUT2D eigenvalue weighted by Crippen LogP contribution is -2.27. The number of esters is 1. The lowest BCUT2D eigenvalue weighted by molar-refractivity contribution is 0.0591. The summed E-state index contributed by atoms with van der Waals surface area (Å²) in [5.74, 6) is -0.363. The van der Waals surface area contributed by atoms with E-state index in [9.17, 15) is 4.79 Å². The number of carbonyl (C=O) groups is 1. The third-order valence-electron chi connectivity index (χ3n) is 2.50. The molecule has 14 heavy (non-hydrogen) atoms. The number of hydrogen-bond donors (Lipinski definition) is 1. The second-order valence-corrected chi connectivity index (χ2v) is 3.51. The van der Waals surface area contributed by atoms with E-state index in [4.69, 9.17) is 0 Å². The van der Waals surface area contributed by atoms with Crippen LogP contribution in [0.5, 0.6) is 0 Å². The van der Waals surface area contributed by atoms with Crippen LogP contribution in [0.4, 0.5) is 0 Å². The Morgan fingerprint density at radius 2 is 2.43 bits per heavy atom. The van der Waals surface area contributed by atoms with Gasteiger partial charge in [-0.05, 0) is 7.05 Å². The first kappa shape index (κ1) is 9.21. The van der Waals surface area contributed by atoms with Gasteiger partial charge in [0, 0.05) is 30.8 Å². The largest absolute Gasteiger partial charge is 0.464 e. The van der Waals surface area contributed by atoms with Gasteiger partial charge in [-0.15, -0.1) is 0 Å². The first-order valence-electron chi connectivity index (χ1n) is 4.55. The van der Waals surface area contributed by atoms with Crippen LogP contribution in [-0.2, 0) is 17.7 Å². The molecule has 0 aromatic carbocycles. The predicted molar refractivity (Wildman–Crippen MR) is 50.0 cm³/mol. The molecule has 0 unspecified atom stereocenters. The van der Waals surface area contributed by atoms with E-state index in [0.29, 0.717) is 5.69 Å². The van der Waals surface area contributed by atoms with Crippen molar-refractivity contribution < 1.29 is 9.53 Å². The molecule has 0 saturated heterocycles. The first-order chi connectivity index (χ1) is 6.72. The van der Waals surface area contributed by atoms with Crippen LogP contribution in [0.3, 0.4) is 0 Å². The number of hydrogen-bond acceptors (Lipinski definition) is 4. The Labute approximate surface area is 82.0 Å². The molecule has 1 aromatic heterocycles. The van der Waals surface area contributed by atoms with Crippen molar-refractivity contribution in [1.82, 2.24) is 15.1 Å². The van der Waals surface area contributed by atoms with Crippen molar-refractivity contribution in [3.8, 4) is 0 Å². The van der Waals surface area contributed by atoms with Gasteiger partial charge < -0.3 is 9.64 Å². The molecule has 76 valence electrons. The van der Waals surface area contributed by atoms with Crippen LogP contribution in [0.2, 0.25) is 0 Å². The number of aromatic amines is 1. The minimum atomic E-state index is -0.363. The maximum Gasteiger partial charge on any atom is 0.358 e. The lowest BCUT2D eigenvalue weighted by Gasteiger charge is -2.21. The zero-order valence-electron chi connectivity index (χ0n) is 8.33. The Bertz CT molecular complexity index is 359. The van der Waals surface area contributed by atoms with E-state index in [1.165, 1.54) is 7.11 Å². The van der Waals surface area contributed by atoms with Gasteiger partial charge in [-0.1, -0.05) is 0 Å². The molecule has 1 N–H and O–H groups in total. The fourth-order valence-electron chi connectivity index (χ4n) is 1.70. The molecular formula is C9H13N3O2. The summed E-state index contributed by atoms with van der Waals surface area (Å²) in [6.07, 6.45) is 0.913. The van der Waals surface area contributed by atoms with Gasteiger partial charge in [-0.2, -0.15) is 5.10 Å². The number of nitrogens with one attached hydrogen (secondary N) is 1. The molecule has 1 aliphatic rings. The Balaban J connectivity index is 2.35. The Morgan fingerprint density at radius 3 is 3.14 bits per heavy atom. The molecule has 0 amide bonds. The molecule has 1 aromatic rings. The number of carbonyl (C=O) groups excluding carboxylic acids is 1. The summed E-state index contributed by atoms with van der Waals surface area (Å²) in [7, 11) is 3.40. The summed E-state index contributed by atoms with van der Waals surface area (Å²) in [5.41, 5.74) is 2.46. The normalized spacial score (nSPS) is 16.4. The standard InChI is InChI=1S/C9H13N3O2/c1-12-4-3-7-6(5-12)8(11-10-7)9(13)14-2/h3-5H2,1-2H3,(H,10,11). The van der Waals surface area contributed by atoms with Crippen LogP contribution in [0.15, 0.2) is 0 Å². The van der Waals surface area contributed by atoms with Gasteiger partial charge in [0.25, 0.3) is 0 Å². The molecular weight excluding hydrogens is 182 g/mol. The molecule has 1 aliphatic heterocycles. The van der Waals surface area contributed by atoms with Crippen molar-refractivity contribution >= 4 is 5.97 Å². The summed E-state index contributed by atoms with van der Waals surface area (Å²) in [6, 6.07) is 0. The van der Waals surface area contributed by atoms with Crippen LogP contribution in [-0.4, -0.2) is 41.8 Å². The molecule has 0 fully saturated rings. The monoisotopic (exact) mass is 195 g/mol. The summed E-state index contributed by atoms with van der Waals surface area (Å²) >= 11 is 0. The first-order valence-corrected chi connectivity index (χ1v) is 4.55. The van der Waals surface area contributed by atoms with E-state index >= 15 is 0 Å². The van der Waals surface area contributed by atoms with Crippen molar-refractivity contribution in [1.29, 1.82) is 0 Å². The Kier molecular flexibility index (Phi) is 2.25. The third-order valence-corrected chi connectivity index (χ3v) is 2.50. The third kappa shape index (κ3) is 1.39. The Morgan fingerprint density at radius 1 is 1.64 bits per heavy atom. The summed E-state index contributed by atoms with van der Waals surface area (Å²) in [4.78, 5) is 13.5. The summed E-state index contributed by atoms with van der Waals surface area (Å²) < 4.78 is 4.66. The molecule has 0 radical (unpaired) electrons. The fourth-order valence-corrected chi connectivity index (χ4v) is 1.70. The van der Waals surface area contributed by atoms with Crippen LogP contribution in [0.1, 0.15) is 21.7 Å². The Hall–Kier alpha value is -1.36. The van der Waals surface area contributed by atoms with Crippen molar-refractivity contribution in [2.45, 2.75) is 13.0 Å². The molecule has 0 bridgehead atoms. The van der Waals surface area contributed by atoms with E-state index in [1.807, 2.05) is 7.05 Å². The smallest absolute Gasteiger partial charge is 0.358 e. The van der Waals surface area contributed by atoms with Crippen LogP contribution < -0.4 is 0 Å². The van der Waals surface area contributed by atoms with E-state index in [-0.39, 0.29) is 5.97 Å². The number of nitrogens with zero attached hydrogens (tertiary/aromatic N) is 2. The topological polar surface area (TPSA) is 58.2 Å². The van der Waals surface area contributed by atoms with Gasteiger partial charge >= 0.3 is 5.97 Å². The SMILES string of the molecule is COC(=O)c1n[nH]c2c1CN(C)CC2. The van der Waals surface area contributed by atoms with E-state index in [0.717, 1.165) is 30.8 Å². The molecule has 0 atom stereocenters. The fraction of sp³-hybridized carbons (Fsp3) is 0.556. The van der Waals surface area contributed by atoms with Crippen LogP contribution in [0, 0.1) is 0 Å². The number of aromatic nitrogens is 2. The quantitative estimate of drug-likeness (QED) is 0.650. The highest BCUT2D eigenvalue weighted by molar-refractivity contribution is 5.89. The number of rotatable bonds is 1. The predicted octanol–water partition coefficient (Wildman–Crippen LogP) is 0.184. The second kappa shape index (κ2) is 3.42. The maximum absolute atomic E-state index is 11.3. The molecule has 0 saturated carbocycles. The molecule has 0 aliphatic carbocycles. The van der Waals surface area contributed by atoms with Crippen LogP contribution >= 0.6 is 0 Å². The van der Waals surface area contributed by atoms with Crippen molar-refractivity contribution in [2.24, 2.45) is 0 Å². The zero-order valence-corrected chi connectivity index (χ0v) is 8.33. The molecule has 5 nitrogen and oxygen atoms in total. The number of methoxy groups -OCH3 is 1. The summed E-state index contributed by atoms with van der Waals surface area (Å²) in [6.45, 7) is 1.76.